The van der Waals surface area contributed by atoms with Gasteiger partial charge in [0.05, 0.1) is 31.8 Å². The standard InChI is InChI=1S/C14H20O4/c1-3-18-14(16)11(2)13(15)10-17-9-12-7-5-4-6-8-12/h4-8,11,13,15H,3,9-10H2,1-2H3/t11-,13+/m0/s1. The fourth-order valence-corrected chi connectivity index (χ4v) is 1.45. The lowest BCUT2D eigenvalue weighted by Gasteiger charge is -2.17. The third-order valence-corrected chi connectivity index (χ3v) is 2.64. The first-order valence-corrected chi connectivity index (χ1v) is 6.11. The minimum absolute atomic E-state index is 0.120. The van der Waals surface area contributed by atoms with Gasteiger partial charge in [0.15, 0.2) is 0 Å². The summed E-state index contributed by atoms with van der Waals surface area (Å²) in [5.41, 5.74) is 1.04. The van der Waals surface area contributed by atoms with Gasteiger partial charge in [-0.25, -0.2) is 0 Å². The van der Waals surface area contributed by atoms with Gasteiger partial charge in [0.25, 0.3) is 0 Å². The van der Waals surface area contributed by atoms with Gasteiger partial charge in [-0.15, -0.1) is 0 Å². The first-order chi connectivity index (χ1) is 8.65. The maximum atomic E-state index is 11.4. The van der Waals surface area contributed by atoms with Crippen LogP contribution in [-0.2, 0) is 20.9 Å². The zero-order valence-corrected chi connectivity index (χ0v) is 10.8. The summed E-state index contributed by atoms with van der Waals surface area (Å²) in [7, 11) is 0. The van der Waals surface area contributed by atoms with Crippen molar-refractivity contribution in [3.05, 3.63) is 35.9 Å². The van der Waals surface area contributed by atoms with Crippen molar-refractivity contribution in [2.75, 3.05) is 13.2 Å². The molecule has 1 rings (SSSR count). The molecule has 0 spiro atoms. The second-order valence-corrected chi connectivity index (χ2v) is 4.11. The fourth-order valence-electron chi connectivity index (χ4n) is 1.45. The van der Waals surface area contributed by atoms with Crippen molar-refractivity contribution in [2.24, 2.45) is 5.92 Å². The van der Waals surface area contributed by atoms with Gasteiger partial charge in [-0.1, -0.05) is 30.3 Å². The molecule has 0 radical (unpaired) electrons. The number of ether oxygens (including phenoxy) is 2. The first kappa shape index (κ1) is 14.7. The third-order valence-electron chi connectivity index (χ3n) is 2.64. The molecule has 4 heteroatoms. The molecule has 0 unspecified atom stereocenters. The van der Waals surface area contributed by atoms with Crippen molar-refractivity contribution >= 4 is 5.97 Å². The molecule has 1 aromatic rings. The highest BCUT2D eigenvalue weighted by Crippen LogP contribution is 2.08. The Kier molecular flexibility index (Phi) is 6.39. The summed E-state index contributed by atoms with van der Waals surface area (Å²) in [4.78, 5) is 11.4. The minimum atomic E-state index is -0.840. The van der Waals surface area contributed by atoms with E-state index in [2.05, 4.69) is 0 Å². The number of aliphatic hydroxyl groups is 1. The van der Waals surface area contributed by atoms with Crippen molar-refractivity contribution in [1.82, 2.24) is 0 Å². The van der Waals surface area contributed by atoms with Crippen molar-refractivity contribution in [3.63, 3.8) is 0 Å². The molecule has 0 saturated heterocycles. The van der Waals surface area contributed by atoms with E-state index in [9.17, 15) is 9.90 Å². The molecule has 0 aliphatic heterocycles. The molecule has 1 aromatic carbocycles. The SMILES string of the molecule is CCOC(=O)[C@@H](C)[C@H](O)COCc1ccccc1. The van der Waals surface area contributed by atoms with Gasteiger partial charge >= 0.3 is 5.97 Å². The molecule has 0 saturated carbocycles. The monoisotopic (exact) mass is 252 g/mol. The average molecular weight is 252 g/mol. The Morgan fingerprint density at radius 1 is 1.33 bits per heavy atom. The van der Waals surface area contributed by atoms with Crippen LogP contribution in [0.2, 0.25) is 0 Å². The molecule has 18 heavy (non-hydrogen) atoms. The molecule has 0 amide bonds. The van der Waals surface area contributed by atoms with Crippen molar-refractivity contribution in [1.29, 1.82) is 0 Å². The highest BCUT2D eigenvalue weighted by Gasteiger charge is 2.23. The van der Waals surface area contributed by atoms with E-state index >= 15 is 0 Å². The molecule has 2 atom stereocenters. The van der Waals surface area contributed by atoms with Crippen molar-refractivity contribution < 1.29 is 19.4 Å². The summed E-state index contributed by atoms with van der Waals surface area (Å²) in [5, 5.41) is 9.77. The van der Waals surface area contributed by atoms with E-state index in [1.54, 1.807) is 13.8 Å². The van der Waals surface area contributed by atoms with Crippen molar-refractivity contribution in [3.8, 4) is 0 Å². The van der Waals surface area contributed by atoms with E-state index in [1.807, 2.05) is 30.3 Å². The zero-order chi connectivity index (χ0) is 13.4. The van der Waals surface area contributed by atoms with Crippen LogP contribution in [0.3, 0.4) is 0 Å². The van der Waals surface area contributed by atoms with E-state index < -0.39 is 18.0 Å². The van der Waals surface area contributed by atoms with Gasteiger partial charge in [-0.2, -0.15) is 0 Å². The maximum absolute atomic E-state index is 11.4. The fraction of sp³-hybridized carbons (Fsp3) is 0.500. The number of carbonyl (C=O) groups excluding carboxylic acids is 1. The predicted molar refractivity (Wildman–Crippen MR) is 67.9 cm³/mol. The summed E-state index contributed by atoms with van der Waals surface area (Å²) in [6, 6.07) is 9.68. The average Bonchev–Trinajstić information content (AvgIpc) is 2.39. The van der Waals surface area contributed by atoms with E-state index in [4.69, 9.17) is 9.47 Å². The summed E-state index contributed by atoms with van der Waals surface area (Å²) in [5.74, 6) is -0.964. The van der Waals surface area contributed by atoms with Crippen LogP contribution >= 0.6 is 0 Å². The van der Waals surface area contributed by atoms with Crippen LogP contribution in [0.15, 0.2) is 30.3 Å². The van der Waals surface area contributed by atoms with Crippen LogP contribution in [0.4, 0.5) is 0 Å². The highest BCUT2D eigenvalue weighted by atomic mass is 16.5. The van der Waals surface area contributed by atoms with E-state index in [0.29, 0.717) is 13.2 Å². The molecule has 0 fully saturated rings. The lowest BCUT2D eigenvalue weighted by atomic mass is 10.1. The first-order valence-electron chi connectivity index (χ1n) is 6.11. The smallest absolute Gasteiger partial charge is 0.311 e. The quantitative estimate of drug-likeness (QED) is 0.751. The second kappa shape index (κ2) is 7.84. The molecular formula is C14H20O4. The lowest BCUT2D eigenvalue weighted by molar-refractivity contribution is -0.152. The second-order valence-electron chi connectivity index (χ2n) is 4.11. The number of carbonyl (C=O) groups is 1. The number of rotatable bonds is 7. The van der Waals surface area contributed by atoms with Crippen LogP contribution < -0.4 is 0 Å². The maximum Gasteiger partial charge on any atom is 0.311 e. The molecule has 1 N–H and O–H groups in total. The largest absolute Gasteiger partial charge is 0.466 e. The molecule has 0 aliphatic carbocycles. The predicted octanol–water partition coefficient (Wildman–Crippen LogP) is 1.76. The lowest BCUT2D eigenvalue weighted by Crippen LogP contribution is -2.31. The molecule has 0 bridgehead atoms. The highest BCUT2D eigenvalue weighted by molar-refractivity contribution is 5.72. The number of hydrogen-bond donors (Lipinski definition) is 1. The van der Waals surface area contributed by atoms with Crippen LogP contribution in [0, 0.1) is 5.92 Å². The zero-order valence-electron chi connectivity index (χ0n) is 10.8. The molecule has 4 nitrogen and oxygen atoms in total. The normalized spacial score (nSPS) is 13.9. The Morgan fingerprint density at radius 3 is 2.61 bits per heavy atom. The van der Waals surface area contributed by atoms with Gasteiger partial charge in [0, 0.05) is 0 Å². The Labute approximate surface area is 108 Å². The van der Waals surface area contributed by atoms with Gasteiger partial charge < -0.3 is 14.6 Å². The summed E-state index contributed by atoms with van der Waals surface area (Å²) < 4.78 is 10.2. The van der Waals surface area contributed by atoms with Crippen LogP contribution in [0.25, 0.3) is 0 Å². The summed E-state index contributed by atoms with van der Waals surface area (Å²) in [6.45, 7) is 4.24. The number of hydrogen-bond acceptors (Lipinski definition) is 4. The Hall–Kier alpha value is -1.39. The Balaban J connectivity index is 2.28. The van der Waals surface area contributed by atoms with Gasteiger partial charge in [-0.05, 0) is 19.4 Å². The number of benzene rings is 1. The van der Waals surface area contributed by atoms with Crippen LogP contribution in [0.5, 0.6) is 0 Å². The third kappa shape index (κ3) is 4.85. The number of esters is 1. The summed E-state index contributed by atoms with van der Waals surface area (Å²) in [6.07, 6.45) is -0.840. The van der Waals surface area contributed by atoms with Gasteiger partial charge in [0.2, 0.25) is 0 Å². The molecular weight excluding hydrogens is 232 g/mol. The van der Waals surface area contributed by atoms with E-state index in [-0.39, 0.29) is 6.61 Å². The van der Waals surface area contributed by atoms with Crippen LogP contribution in [0.1, 0.15) is 19.4 Å². The van der Waals surface area contributed by atoms with Crippen LogP contribution in [-0.4, -0.2) is 30.4 Å². The van der Waals surface area contributed by atoms with E-state index in [1.165, 1.54) is 0 Å². The van der Waals surface area contributed by atoms with E-state index in [0.717, 1.165) is 5.56 Å². The molecule has 100 valence electrons. The topological polar surface area (TPSA) is 55.8 Å². The van der Waals surface area contributed by atoms with Gasteiger partial charge in [-0.3, -0.25) is 4.79 Å². The minimum Gasteiger partial charge on any atom is -0.466 e. The Morgan fingerprint density at radius 2 is 2.00 bits per heavy atom. The summed E-state index contributed by atoms with van der Waals surface area (Å²) >= 11 is 0. The van der Waals surface area contributed by atoms with Crippen molar-refractivity contribution in [2.45, 2.75) is 26.6 Å². The molecule has 0 aromatic heterocycles. The molecule has 0 heterocycles. The Bertz CT molecular complexity index is 350. The molecule has 0 aliphatic rings. The van der Waals surface area contributed by atoms with Gasteiger partial charge in [0.1, 0.15) is 0 Å². The number of aliphatic hydroxyl groups excluding tert-OH is 1.